The van der Waals surface area contributed by atoms with Crippen LogP contribution in [0.3, 0.4) is 0 Å². The Kier molecular flexibility index (Phi) is 5.46. The molecule has 1 aliphatic heterocycles. The Morgan fingerprint density at radius 2 is 1.90 bits per heavy atom. The fraction of sp³-hybridized carbons (Fsp3) is 0.320. The molecule has 2 aromatic carbocycles. The number of fused-ring (bicyclic) bond motifs is 1. The van der Waals surface area contributed by atoms with E-state index in [1.807, 2.05) is 41.4 Å². The van der Waals surface area contributed by atoms with Gasteiger partial charge in [-0.15, -0.1) is 11.3 Å². The van der Waals surface area contributed by atoms with E-state index >= 15 is 0 Å². The lowest BCUT2D eigenvalue weighted by molar-refractivity contribution is 0.195. The topological polar surface area (TPSA) is 32.3 Å². The molecule has 0 bridgehead atoms. The van der Waals surface area contributed by atoms with Crippen LogP contribution in [0.15, 0.2) is 48.5 Å². The lowest BCUT2D eigenvalue weighted by atomic mass is 9.92. The zero-order chi connectivity index (χ0) is 20.5. The molecule has 1 N–H and O–H groups in total. The van der Waals surface area contributed by atoms with Gasteiger partial charge in [-0.25, -0.2) is 4.79 Å². The van der Waals surface area contributed by atoms with Crippen molar-refractivity contribution in [3.63, 3.8) is 0 Å². The fourth-order valence-corrected chi connectivity index (χ4v) is 5.88. The summed E-state index contributed by atoms with van der Waals surface area (Å²) in [5, 5.41) is 3.16. The predicted molar refractivity (Wildman–Crippen MR) is 122 cm³/mol. The fourth-order valence-electron chi connectivity index (χ4n) is 4.44. The summed E-state index contributed by atoms with van der Waals surface area (Å²) in [6, 6.07) is 16.5. The maximum Gasteiger partial charge on any atom is 0.322 e. The third-order valence-corrected chi connectivity index (χ3v) is 7.11. The molecule has 0 unspecified atom stereocenters. The molecule has 1 aromatic heterocycles. The molecule has 0 fully saturated rings. The number of thiophene rings is 1. The molecule has 0 saturated carbocycles. The average Bonchev–Trinajstić information content (AvgIpc) is 3.04. The maximum absolute atomic E-state index is 13.4. The number of nitrogens with zero attached hydrogens (tertiary/aromatic N) is 1. The predicted octanol–water partition coefficient (Wildman–Crippen LogP) is 6.42. The van der Waals surface area contributed by atoms with Crippen molar-refractivity contribution in [2.24, 2.45) is 0 Å². The van der Waals surface area contributed by atoms with Gasteiger partial charge in [0.25, 0.3) is 0 Å². The normalized spacial score (nSPS) is 15.9. The van der Waals surface area contributed by atoms with Crippen molar-refractivity contribution in [1.82, 2.24) is 4.90 Å². The highest BCUT2D eigenvalue weighted by molar-refractivity contribution is 7.12. The van der Waals surface area contributed by atoms with Gasteiger partial charge in [0.15, 0.2) is 0 Å². The number of rotatable bonds is 3. The van der Waals surface area contributed by atoms with E-state index < -0.39 is 0 Å². The van der Waals surface area contributed by atoms with Gasteiger partial charge in [-0.1, -0.05) is 55.0 Å². The van der Waals surface area contributed by atoms with Crippen LogP contribution in [0.4, 0.5) is 10.5 Å². The lowest BCUT2D eigenvalue weighted by Crippen LogP contribution is -2.42. The van der Waals surface area contributed by atoms with Crippen molar-refractivity contribution in [2.75, 3.05) is 11.9 Å². The van der Waals surface area contributed by atoms with Crippen LogP contribution in [0, 0.1) is 20.8 Å². The summed E-state index contributed by atoms with van der Waals surface area (Å²) in [6.45, 7) is 9.28. The summed E-state index contributed by atoms with van der Waals surface area (Å²) < 4.78 is 0. The van der Waals surface area contributed by atoms with Crippen LogP contribution in [0.2, 0.25) is 0 Å². The van der Waals surface area contributed by atoms with E-state index in [1.54, 1.807) is 0 Å². The molecule has 2 heterocycles. The summed E-state index contributed by atoms with van der Waals surface area (Å²) in [5.74, 6) is 0. The van der Waals surface area contributed by atoms with E-state index in [4.69, 9.17) is 0 Å². The average molecular weight is 405 g/mol. The van der Waals surface area contributed by atoms with E-state index in [2.05, 4.69) is 56.4 Å². The van der Waals surface area contributed by atoms with Crippen LogP contribution in [-0.4, -0.2) is 17.5 Å². The molecule has 4 rings (SSSR count). The molecule has 3 aromatic rings. The highest BCUT2D eigenvalue weighted by Gasteiger charge is 2.35. The molecule has 1 aliphatic rings. The Balaban J connectivity index is 1.72. The molecule has 2 amide bonds. The molecular formula is C25H28N2OS. The van der Waals surface area contributed by atoms with Crippen molar-refractivity contribution < 1.29 is 4.79 Å². The number of carbonyl (C=O) groups excluding carboxylic acids is 1. The molecule has 1 atom stereocenters. The number of aryl methyl sites for hydroxylation is 3. The zero-order valence-electron chi connectivity index (χ0n) is 17.6. The minimum Gasteiger partial charge on any atom is -0.312 e. The smallest absolute Gasteiger partial charge is 0.312 e. The molecular weight excluding hydrogens is 376 g/mol. The van der Waals surface area contributed by atoms with Gasteiger partial charge >= 0.3 is 6.03 Å². The molecule has 4 heteroatoms. The van der Waals surface area contributed by atoms with Gasteiger partial charge in [0, 0.05) is 22.0 Å². The first kappa shape index (κ1) is 19.7. The summed E-state index contributed by atoms with van der Waals surface area (Å²) in [5.41, 5.74) is 7.28. The molecule has 0 radical (unpaired) electrons. The van der Waals surface area contributed by atoms with E-state index in [9.17, 15) is 4.79 Å². The molecule has 0 saturated heterocycles. The molecule has 0 aliphatic carbocycles. The first-order valence-corrected chi connectivity index (χ1v) is 11.1. The number of benzene rings is 2. The number of anilines is 1. The first-order chi connectivity index (χ1) is 14.0. The van der Waals surface area contributed by atoms with Gasteiger partial charge in [-0.2, -0.15) is 0 Å². The number of carbonyl (C=O) groups is 1. The number of urea groups is 1. The first-order valence-electron chi connectivity index (χ1n) is 10.3. The van der Waals surface area contributed by atoms with Gasteiger partial charge < -0.3 is 10.2 Å². The van der Waals surface area contributed by atoms with Crippen LogP contribution in [-0.2, 0) is 12.8 Å². The number of amides is 2. The van der Waals surface area contributed by atoms with Crippen molar-refractivity contribution in [3.05, 3.63) is 86.1 Å². The van der Waals surface area contributed by atoms with E-state index in [0.29, 0.717) is 0 Å². The Hall–Kier alpha value is -2.59. The van der Waals surface area contributed by atoms with Gasteiger partial charge in [-0.05, 0) is 61.9 Å². The van der Waals surface area contributed by atoms with E-state index in [1.165, 1.54) is 32.0 Å². The Bertz CT molecular complexity index is 1040. The highest BCUT2D eigenvalue weighted by Crippen LogP contribution is 2.43. The lowest BCUT2D eigenvalue weighted by Gasteiger charge is -2.36. The van der Waals surface area contributed by atoms with Crippen LogP contribution in [0.25, 0.3) is 0 Å². The Labute approximate surface area is 177 Å². The Morgan fingerprint density at radius 1 is 1.14 bits per heavy atom. The highest BCUT2D eigenvalue weighted by atomic mass is 32.1. The molecule has 29 heavy (non-hydrogen) atoms. The second-order valence-corrected chi connectivity index (χ2v) is 9.09. The van der Waals surface area contributed by atoms with Gasteiger partial charge in [0.1, 0.15) is 0 Å². The van der Waals surface area contributed by atoms with Gasteiger partial charge in [0.2, 0.25) is 0 Å². The van der Waals surface area contributed by atoms with E-state index in [-0.39, 0.29) is 12.1 Å². The van der Waals surface area contributed by atoms with E-state index in [0.717, 1.165) is 30.6 Å². The van der Waals surface area contributed by atoms with Crippen LogP contribution in [0.5, 0.6) is 0 Å². The minimum absolute atomic E-state index is 0.0273. The minimum atomic E-state index is -0.0327. The summed E-state index contributed by atoms with van der Waals surface area (Å²) in [7, 11) is 0. The van der Waals surface area contributed by atoms with Gasteiger partial charge in [0.05, 0.1) is 6.04 Å². The van der Waals surface area contributed by atoms with Crippen LogP contribution in [0.1, 0.15) is 50.5 Å². The number of hydrogen-bond acceptors (Lipinski definition) is 2. The van der Waals surface area contributed by atoms with Crippen LogP contribution >= 0.6 is 11.3 Å². The second-order valence-electron chi connectivity index (χ2n) is 7.84. The number of hydrogen-bond donors (Lipinski definition) is 1. The van der Waals surface area contributed by atoms with Crippen molar-refractivity contribution in [2.45, 2.75) is 46.6 Å². The SMILES string of the molecule is CCc1c(C)sc2c1CCN(C(=O)Nc1ccc(C)cc1C)[C@@H]2c1ccccc1. The van der Waals surface area contributed by atoms with Crippen LogP contribution < -0.4 is 5.32 Å². The monoisotopic (exact) mass is 404 g/mol. The van der Waals surface area contributed by atoms with Crippen molar-refractivity contribution >= 4 is 23.1 Å². The van der Waals surface area contributed by atoms with Crippen molar-refractivity contribution in [1.29, 1.82) is 0 Å². The third-order valence-electron chi connectivity index (χ3n) is 5.87. The zero-order valence-corrected chi connectivity index (χ0v) is 18.4. The maximum atomic E-state index is 13.4. The molecule has 3 nitrogen and oxygen atoms in total. The van der Waals surface area contributed by atoms with Crippen molar-refractivity contribution in [3.8, 4) is 0 Å². The summed E-state index contributed by atoms with van der Waals surface area (Å²) in [4.78, 5) is 18.1. The Morgan fingerprint density at radius 3 is 2.59 bits per heavy atom. The van der Waals surface area contributed by atoms with Gasteiger partial charge in [-0.3, -0.25) is 0 Å². The largest absolute Gasteiger partial charge is 0.322 e. The summed E-state index contributed by atoms with van der Waals surface area (Å²) >= 11 is 1.86. The quantitative estimate of drug-likeness (QED) is 0.537. The molecule has 0 spiro atoms. The summed E-state index contributed by atoms with van der Waals surface area (Å²) in [6.07, 6.45) is 1.97. The number of nitrogens with one attached hydrogen (secondary N) is 1. The standard InChI is InChI=1S/C25H28N2OS/c1-5-20-18(4)29-24-21(20)13-14-27(23(24)19-9-7-6-8-10-19)25(28)26-22-12-11-16(2)15-17(22)3/h6-12,15,23H,5,13-14H2,1-4H3,(H,26,28)/t23-/m1/s1. The molecule has 150 valence electrons. The second kappa shape index (κ2) is 8.03. The third kappa shape index (κ3) is 3.69.